The highest BCUT2D eigenvalue weighted by molar-refractivity contribution is 5.46. The van der Waals surface area contributed by atoms with E-state index in [4.69, 9.17) is 5.10 Å². The fourth-order valence-electron chi connectivity index (χ4n) is 3.38. The lowest BCUT2D eigenvalue weighted by atomic mass is 9.98. The number of benzene rings is 1. The van der Waals surface area contributed by atoms with E-state index in [1.807, 2.05) is 0 Å². The molecule has 112 valence electrons. The molecule has 0 N–H and O–H groups in total. The quantitative estimate of drug-likeness (QED) is 0.796. The van der Waals surface area contributed by atoms with Crippen molar-refractivity contribution in [3.63, 3.8) is 0 Å². The van der Waals surface area contributed by atoms with Gasteiger partial charge in [-0.05, 0) is 70.5 Å². The van der Waals surface area contributed by atoms with Crippen LogP contribution < -0.4 is 0 Å². The number of fused-ring (bicyclic) bond motifs is 1. The van der Waals surface area contributed by atoms with Gasteiger partial charge in [-0.15, -0.1) is 0 Å². The number of nitrogens with zero attached hydrogens (tertiary/aromatic N) is 3. The van der Waals surface area contributed by atoms with Crippen LogP contribution in [0.4, 0.5) is 0 Å². The second-order valence-corrected chi connectivity index (χ2v) is 6.47. The second-order valence-electron chi connectivity index (χ2n) is 6.47. The molecule has 0 amide bonds. The van der Waals surface area contributed by atoms with Gasteiger partial charge in [-0.25, -0.2) is 4.68 Å². The van der Waals surface area contributed by atoms with E-state index in [2.05, 4.69) is 63.4 Å². The van der Waals surface area contributed by atoms with Gasteiger partial charge in [0.15, 0.2) is 0 Å². The molecule has 1 aromatic carbocycles. The van der Waals surface area contributed by atoms with Crippen molar-refractivity contribution >= 4 is 0 Å². The van der Waals surface area contributed by atoms with Gasteiger partial charge in [0.25, 0.3) is 0 Å². The van der Waals surface area contributed by atoms with Crippen LogP contribution in [0, 0.1) is 27.7 Å². The highest BCUT2D eigenvalue weighted by Crippen LogP contribution is 2.32. The molecule has 2 heterocycles. The Bertz CT molecular complexity index is 674. The molecule has 1 atom stereocenters. The number of rotatable bonds is 1. The van der Waals surface area contributed by atoms with E-state index < -0.39 is 0 Å². The summed E-state index contributed by atoms with van der Waals surface area (Å²) in [6.45, 7) is 12.1. The summed E-state index contributed by atoms with van der Waals surface area (Å²) >= 11 is 0. The van der Waals surface area contributed by atoms with Gasteiger partial charge < -0.3 is 0 Å². The molecule has 0 aliphatic carbocycles. The van der Waals surface area contributed by atoms with Gasteiger partial charge in [-0.2, -0.15) is 5.10 Å². The summed E-state index contributed by atoms with van der Waals surface area (Å²) in [6.07, 6.45) is 1.05. The molecule has 21 heavy (non-hydrogen) atoms. The molecule has 3 nitrogen and oxygen atoms in total. The minimum atomic E-state index is 0.454. The Balaban J connectivity index is 2.15. The Hall–Kier alpha value is -1.61. The summed E-state index contributed by atoms with van der Waals surface area (Å²) in [5, 5.41) is 4.91. The summed E-state index contributed by atoms with van der Waals surface area (Å²) in [6, 6.07) is 4.96. The molecule has 0 bridgehead atoms. The third-order valence-electron chi connectivity index (χ3n) is 5.18. The van der Waals surface area contributed by atoms with Crippen molar-refractivity contribution in [2.45, 2.75) is 47.1 Å². The Kier molecular flexibility index (Phi) is 3.40. The highest BCUT2D eigenvalue weighted by Gasteiger charge is 2.27. The Morgan fingerprint density at radius 2 is 1.71 bits per heavy atom. The Morgan fingerprint density at radius 3 is 2.33 bits per heavy atom. The van der Waals surface area contributed by atoms with Crippen molar-refractivity contribution < 1.29 is 0 Å². The molecule has 3 heteroatoms. The van der Waals surface area contributed by atoms with Gasteiger partial charge in [0.2, 0.25) is 0 Å². The summed E-state index contributed by atoms with van der Waals surface area (Å²) < 4.78 is 2.14. The van der Waals surface area contributed by atoms with Crippen LogP contribution in [-0.2, 0) is 6.42 Å². The molecule has 0 unspecified atom stereocenters. The molecule has 0 radical (unpaired) electrons. The van der Waals surface area contributed by atoms with Crippen molar-refractivity contribution in [3.05, 3.63) is 45.8 Å². The van der Waals surface area contributed by atoms with Crippen LogP contribution in [0.5, 0.6) is 0 Å². The van der Waals surface area contributed by atoms with E-state index in [9.17, 15) is 0 Å². The normalized spacial score (nSPS) is 18.9. The van der Waals surface area contributed by atoms with E-state index in [1.165, 1.54) is 39.3 Å². The Morgan fingerprint density at radius 1 is 1.10 bits per heavy atom. The van der Waals surface area contributed by atoms with Crippen molar-refractivity contribution in [1.29, 1.82) is 0 Å². The molecule has 0 fully saturated rings. The van der Waals surface area contributed by atoms with Gasteiger partial charge in [0.05, 0.1) is 11.4 Å². The topological polar surface area (TPSA) is 21.1 Å². The first-order valence-corrected chi connectivity index (χ1v) is 7.77. The molecule has 2 aromatic rings. The lowest BCUT2D eigenvalue weighted by Gasteiger charge is -2.29. The second kappa shape index (κ2) is 4.99. The van der Waals surface area contributed by atoms with E-state index in [1.54, 1.807) is 0 Å². The number of aromatic nitrogens is 2. The molecule has 1 aliphatic heterocycles. The maximum Gasteiger partial charge on any atom is 0.0692 e. The Labute approximate surface area is 127 Å². The van der Waals surface area contributed by atoms with Gasteiger partial charge in [0.1, 0.15) is 0 Å². The maximum absolute atomic E-state index is 4.91. The van der Waals surface area contributed by atoms with E-state index >= 15 is 0 Å². The number of aryl methyl sites for hydroxylation is 2. The van der Waals surface area contributed by atoms with Gasteiger partial charge >= 0.3 is 0 Å². The minimum absolute atomic E-state index is 0.454. The third-order valence-corrected chi connectivity index (χ3v) is 5.18. The minimum Gasteiger partial charge on any atom is -0.299 e. The SMILES string of the molecule is Cc1cc(-n2nc3c(c2C)[C@H](C)N(C)CC3)cc(C)c1C. The zero-order valence-electron chi connectivity index (χ0n) is 14.0. The van der Waals surface area contributed by atoms with Gasteiger partial charge in [-0.1, -0.05) is 0 Å². The van der Waals surface area contributed by atoms with E-state index in [0.717, 1.165) is 13.0 Å². The molecule has 0 saturated heterocycles. The summed E-state index contributed by atoms with van der Waals surface area (Å²) in [7, 11) is 2.20. The molecule has 0 saturated carbocycles. The van der Waals surface area contributed by atoms with E-state index in [-0.39, 0.29) is 0 Å². The van der Waals surface area contributed by atoms with Crippen LogP contribution in [0.3, 0.4) is 0 Å². The third kappa shape index (κ3) is 2.20. The zero-order chi connectivity index (χ0) is 15.3. The predicted molar refractivity (Wildman–Crippen MR) is 87.3 cm³/mol. The standard InChI is InChI=1S/C18H25N3/c1-11-9-16(10-12(2)13(11)3)21-15(5)18-14(4)20(6)8-7-17(18)19-21/h9-10,14H,7-8H2,1-6H3/t14-/m0/s1. The average Bonchev–Trinajstić information content (AvgIpc) is 2.77. The first-order valence-electron chi connectivity index (χ1n) is 7.77. The van der Waals surface area contributed by atoms with Crippen molar-refractivity contribution in [3.8, 4) is 5.69 Å². The van der Waals surface area contributed by atoms with Crippen LogP contribution in [0.25, 0.3) is 5.69 Å². The molecule has 1 aromatic heterocycles. The monoisotopic (exact) mass is 283 g/mol. The summed E-state index contributed by atoms with van der Waals surface area (Å²) in [5.41, 5.74) is 9.21. The predicted octanol–water partition coefficient (Wildman–Crippen LogP) is 3.65. The maximum atomic E-state index is 4.91. The van der Waals surface area contributed by atoms with Crippen LogP contribution in [0.2, 0.25) is 0 Å². The molecule has 3 rings (SSSR count). The number of likely N-dealkylation sites (N-methyl/N-ethyl adjacent to an activating group) is 1. The number of hydrogen-bond donors (Lipinski definition) is 0. The lowest BCUT2D eigenvalue weighted by Crippen LogP contribution is -2.30. The first kappa shape index (κ1) is 14.3. The lowest BCUT2D eigenvalue weighted by molar-refractivity contribution is 0.246. The van der Waals surface area contributed by atoms with Crippen LogP contribution >= 0.6 is 0 Å². The van der Waals surface area contributed by atoms with Gasteiger partial charge in [-0.3, -0.25) is 4.90 Å². The molecular formula is C18H25N3. The number of hydrogen-bond acceptors (Lipinski definition) is 2. The van der Waals surface area contributed by atoms with Crippen molar-refractivity contribution in [2.75, 3.05) is 13.6 Å². The molecular weight excluding hydrogens is 258 g/mol. The fraction of sp³-hybridized carbons (Fsp3) is 0.500. The largest absolute Gasteiger partial charge is 0.299 e. The van der Waals surface area contributed by atoms with Crippen molar-refractivity contribution in [2.24, 2.45) is 0 Å². The fourth-order valence-corrected chi connectivity index (χ4v) is 3.38. The van der Waals surface area contributed by atoms with Gasteiger partial charge in [0, 0.05) is 30.3 Å². The van der Waals surface area contributed by atoms with Crippen LogP contribution in [0.1, 0.15) is 46.6 Å². The average molecular weight is 283 g/mol. The molecule has 1 aliphatic rings. The smallest absolute Gasteiger partial charge is 0.0692 e. The van der Waals surface area contributed by atoms with Crippen LogP contribution in [0.15, 0.2) is 12.1 Å². The summed E-state index contributed by atoms with van der Waals surface area (Å²) in [5.74, 6) is 0. The molecule has 0 spiro atoms. The summed E-state index contributed by atoms with van der Waals surface area (Å²) in [4.78, 5) is 2.41. The van der Waals surface area contributed by atoms with Crippen LogP contribution in [-0.4, -0.2) is 28.3 Å². The van der Waals surface area contributed by atoms with E-state index in [0.29, 0.717) is 6.04 Å². The highest BCUT2D eigenvalue weighted by atomic mass is 15.3. The first-order chi connectivity index (χ1) is 9.90. The zero-order valence-corrected chi connectivity index (χ0v) is 14.0. The van der Waals surface area contributed by atoms with Crippen molar-refractivity contribution in [1.82, 2.24) is 14.7 Å².